The van der Waals surface area contributed by atoms with Crippen molar-refractivity contribution in [3.8, 4) is 22.9 Å². The van der Waals surface area contributed by atoms with E-state index in [0.29, 0.717) is 101 Å². The molecule has 1 aliphatic carbocycles. The van der Waals surface area contributed by atoms with E-state index in [1.807, 2.05) is 0 Å². The van der Waals surface area contributed by atoms with Crippen LogP contribution in [0, 0.1) is 5.92 Å². The average molecular weight is 1090 g/mol. The fraction of sp³-hybridized carbons (Fsp3) is 0.473. The van der Waals surface area contributed by atoms with Crippen molar-refractivity contribution in [1.29, 1.82) is 0 Å². The number of Topliss-reactive ketones (excluding diaryl/α,β-unsaturated/α-hetero) is 1. The number of amides is 8. The number of likely N-dealkylation sites (tertiary alicyclic amines) is 1. The first-order valence-corrected chi connectivity index (χ1v) is 26.6. The summed E-state index contributed by atoms with van der Waals surface area (Å²) >= 11 is 0. The van der Waals surface area contributed by atoms with E-state index in [1.165, 1.54) is 4.90 Å². The summed E-state index contributed by atoms with van der Waals surface area (Å²) in [6.45, 7) is 5.32. The predicted octanol–water partition coefficient (Wildman–Crippen LogP) is 3.00. The standard InChI is InChI=1S/C55H65N9O15/c1-4-55(75)37-24-40-49-36(27-64(40)52(72)33(37)15-16-43(55)65)35(34-23-41-42(25-39(34)60-49)77-22-21-76-41)26-58-45(67)29-79-54(74)78-28-31-11-13-32(14-12-31)59-50(70)38(9-8-19-57-53(56)73)61-51(71)48(30(2)3)62-44(66)10-6-5-7-20-63-46(68)17-18-47(63)69/h11-14,23-25,30,38,48,75H,4-10,15-22,26-29H2,1-3H3,(H,58,67)(H,59,70)(H,61,71)(H,62,66)(H3,56,57,73)/t38-,48-,55-/m0/s1. The number of hydrogen-bond donors (Lipinski definition) is 7. The number of fused-ring (bicyclic) bond motifs is 6. The maximum atomic E-state index is 14.0. The van der Waals surface area contributed by atoms with Crippen LogP contribution in [-0.2, 0) is 74.8 Å². The molecular weight excluding hydrogens is 1030 g/mol. The molecule has 79 heavy (non-hydrogen) atoms. The number of pyridine rings is 2. The van der Waals surface area contributed by atoms with Gasteiger partial charge in [-0.15, -0.1) is 0 Å². The van der Waals surface area contributed by atoms with Gasteiger partial charge in [0.1, 0.15) is 37.5 Å². The lowest BCUT2D eigenvalue weighted by atomic mass is 9.77. The number of carbonyl (C=O) groups excluding carboxylic acids is 9. The van der Waals surface area contributed by atoms with Gasteiger partial charge in [-0.2, -0.15) is 0 Å². The number of carbonyl (C=O) groups is 9. The second kappa shape index (κ2) is 24.9. The van der Waals surface area contributed by atoms with E-state index in [1.54, 1.807) is 67.8 Å². The van der Waals surface area contributed by atoms with Gasteiger partial charge in [-0.3, -0.25) is 43.3 Å². The van der Waals surface area contributed by atoms with Gasteiger partial charge in [-0.25, -0.2) is 14.6 Å². The Bertz CT molecular complexity index is 3120. The number of hydrogen-bond acceptors (Lipinski definition) is 16. The Balaban J connectivity index is 0.838. The second-order valence-corrected chi connectivity index (χ2v) is 20.2. The van der Waals surface area contributed by atoms with Crippen molar-refractivity contribution < 1.29 is 67.2 Å². The molecule has 1 saturated heterocycles. The van der Waals surface area contributed by atoms with Crippen LogP contribution in [0.3, 0.4) is 0 Å². The van der Waals surface area contributed by atoms with Crippen molar-refractivity contribution in [2.45, 2.75) is 129 Å². The Labute approximate surface area is 453 Å². The molecule has 24 nitrogen and oxygen atoms in total. The minimum Gasteiger partial charge on any atom is -0.486 e. The smallest absolute Gasteiger partial charge is 0.486 e. The molecule has 0 unspecified atom stereocenters. The molecule has 2 aromatic heterocycles. The van der Waals surface area contributed by atoms with Crippen molar-refractivity contribution in [2.24, 2.45) is 11.7 Å². The number of ketones is 1. The molecule has 8 N–H and O–H groups in total. The fourth-order valence-electron chi connectivity index (χ4n) is 10.2. The third-order valence-electron chi connectivity index (χ3n) is 14.5. The lowest BCUT2D eigenvalue weighted by Gasteiger charge is -2.32. The Morgan fingerprint density at radius 3 is 2.24 bits per heavy atom. The molecular formula is C55H65N9O15. The Hall–Kier alpha value is -8.41. The third-order valence-corrected chi connectivity index (χ3v) is 14.5. The number of aromatic nitrogens is 2. The van der Waals surface area contributed by atoms with E-state index in [-0.39, 0.29) is 118 Å². The summed E-state index contributed by atoms with van der Waals surface area (Å²) in [5.41, 5.74) is 7.12. The quantitative estimate of drug-likeness (QED) is 0.0281. The first-order valence-electron chi connectivity index (χ1n) is 26.6. The van der Waals surface area contributed by atoms with E-state index < -0.39 is 54.2 Å². The number of imide groups is 1. The molecule has 0 bridgehead atoms. The molecule has 4 aromatic rings. The Kier molecular flexibility index (Phi) is 17.9. The molecule has 8 rings (SSSR count). The van der Waals surface area contributed by atoms with Crippen LogP contribution in [0.4, 0.5) is 15.3 Å². The van der Waals surface area contributed by atoms with Crippen LogP contribution in [0.1, 0.15) is 113 Å². The summed E-state index contributed by atoms with van der Waals surface area (Å²) in [6.07, 6.45) is 1.68. The molecule has 420 valence electrons. The first kappa shape index (κ1) is 56.8. The molecule has 4 aliphatic rings. The minimum atomic E-state index is -1.81. The summed E-state index contributed by atoms with van der Waals surface area (Å²) < 4.78 is 23.6. The van der Waals surface area contributed by atoms with Gasteiger partial charge in [0.25, 0.3) is 11.5 Å². The van der Waals surface area contributed by atoms with Gasteiger partial charge in [-0.1, -0.05) is 39.3 Å². The Morgan fingerprint density at radius 2 is 1.54 bits per heavy atom. The van der Waals surface area contributed by atoms with Crippen LogP contribution in [0.5, 0.6) is 11.5 Å². The second-order valence-electron chi connectivity index (χ2n) is 20.2. The summed E-state index contributed by atoms with van der Waals surface area (Å²) in [7, 11) is 0. The van der Waals surface area contributed by atoms with Crippen molar-refractivity contribution in [1.82, 2.24) is 35.7 Å². The lowest BCUT2D eigenvalue weighted by Crippen LogP contribution is -2.54. The zero-order chi connectivity index (χ0) is 56.5. The topological polar surface area (TPSA) is 335 Å². The van der Waals surface area contributed by atoms with Gasteiger partial charge in [-0.05, 0) is 79.8 Å². The van der Waals surface area contributed by atoms with Gasteiger partial charge in [0.15, 0.2) is 23.9 Å². The molecule has 0 radical (unpaired) electrons. The van der Waals surface area contributed by atoms with Crippen molar-refractivity contribution in [3.63, 3.8) is 0 Å². The van der Waals surface area contributed by atoms with E-state index in [9.17, 15) is 53.1 Å². The highest BCUT2D eigenvalue weighted by atomic mass is 16.7. The fourth-order valence-corrected chi connectivity index (χ4v) is 10.2. The van der Waals surface area contributed by atoms with Crippen LogP contribution >= 0.6 is 0 Å². The van der Waals surface area contributed by atoms with E-state index in [2.05, 4.69) is 26.6 Å². The molecule has 8 amide bonds. The molecule has 5 heterocycles. The number of ether oxygens (including phenoxy) is 4. The van der Waals surface area contributed by atoms with Crippen molar-refractivity contribution >= 4 is 70.0 Å². The van der Waals surface area contributed by atoms with Crippen LogP contribution < -0.4 is 47.4 Å². The van der Waals surface area contributed by atoms with Gasteiger partial charge in [0.2, 0.25) is 29.5 Å². The number of nitrogens with zero attached hydrogens (tertiary/aromatic N) is 3. The van der Waals surface area contributed by atoms with Crippen LogP contribution in [0.15, 0.2) is 47.3 Å². The normalized spacial score (nSPS) is 16.8. The molecule has 3 aliphatic heterocycles. The summed E-state index contributed by atoms with van der Waals surface area (Å²) in [4.78, 5) is 134. The van der Waals surface area contributed by atoms with Crippen molar-refractivity contribution in [2.75, 3.05) is 38.2 Å². The van der Waals surface area contributed by atoms with Gasteiger partial charge in [0, 0.05) is 79.1 Å². The van der Waals surface area contributed by atoms with Gasteiger partial charge >= 0.3 is 12.2 Å². The number of primary amides is 1. The number of anilines is 1. The number of nitrogens with two attached hydrogens (primary N) is 1. The molecule has 3 atom stereocenters. The minimum absolute atomic E-state index is 0.0378. The van der Waals surface area contributed by atoms with E-state index in [4.69, 9.17) is 29.7 Å². The molecule has 24 heteroatoms. The number of nitrogens with one attached hydrogen (secondary N) is 5. The van der Waals surface area contributed by atoms with Crippen LogP contribution in [-0.4, -0.2) is 118 Å². The largest absolute Gasteiger partial charge is 0.509 e. The molecule has 2 aromatic carbocycles. The number of benzene rings is 2. The number of urea groups is 1. The maximum Gasteiger partial charge on any atom is 0.509 e. The Morgan fingerprint density at radius 1 is 0.823 bits per heavy atom. The maximum absolute atomic E-state index is 14.0. The zero-order valence-corrected chi connectivity index (χ0v) is 44.3. The third kappa shape index (κ3) is 13.1. The van der Waals surface area contributed by atoms with E-state index >= 15 is 0 Å². The van der Waals surface area contributed by atoms with Gasteiger partial charge < -0.3 is 60.9 Å². The number of aliphatic hydroxyl groups is 1. The highest BCUT2D eigenvalue weighted by molar-refractivity contribution is 6.02. The number of rotatable bonds is 23. The molecule has 0 spiro atoms. The lowest BCUT2D eigenvalue weighted by molar-refractivity contribution is -0.140. The first-order chi connectivity index (χ1) is 37.8. The SMILES string of the molecule is CC[C@@]1(O)C(=O)CCc2c1cc1n(c2=O)Cc2c-1nc1cc3c(cc1c2CNC(=O)COC(=O)OCc1ccc(NC(=O)[C@H](CCCNC(N)=O)NC(=O)[C@@H](NC(=O)CCCCCN2C(=O)CCC2=O)C(C)C)cc1)OCCO3. The predicted molar refractivity (Wildman–Crippen MR) is 282 cm³/mol. The monoisotopic (exact) mass is 1090 g/mol. The zero-order valence-electron chi connectivity index (χ0n) is 44.3. The average Bonchev–Trinajstić information content (AvgIpc) is 4.23. The summed E-state index contributed by atoms with van der Waals surface area (Å²) in [5, 5.41) is 25.6. The van der Waals surface area contributed by atoms with Crippen LogP contribution in [0.2, 0.25) is 0 Å². The molecule has 1 fully saturated rings. The number of unbranched alkanes of at least 4 members (excludes halogenated alkanes) is 2. The highest BCUT2D eigenvalue weighted by Crippen LogP contribution is 2.43. The summed E-state index contributed by atoms with van der Waals surface area (Å²) in [6, 6.07) is 8.55. The van der Waals surface area contributed by atoms with Gasteiger partial charge in [0.05, 0.1) is 23.4 Å². The van der Waals surface area contributed by atoms with E-state index in [0.717, 1.165) is 0 Å². The summed E-state index contributed by atoms with van der Waals surface area (Å²) in [5.74, 6) is -2.38. The molecule has 0 saturated carbocycles. The van der Waals surface area contributed by atoms with Crippen LogP contribution in [0.25, 0.3) is 22.3 Å². The van der Waals surface area contributed by atoms with Crippen molar-refractivity contribution in [3.05, 3.63) is 80.6 Å². The highest BCUT2D eigenvalue weighted by Gasteiger charge is 2.43.